The van der Waals surface area contributed by atoms with E-state index < -0.39 is 29.0 Å². The standard InChI is InChI=1S/C10H18F2N4O2S.ClH/c1-8(2)3-16-4-9(14-7-16)19(17,18)15-6-10(11,12)5-13;/h4,7-8,15H,3,5-6,13H2,1-2H3;1H. The Bertz CT molecular complexity index is 519. The molecule has 1 heterocycles. The number of nitrogens with two attached hydrogens (primary N) is 1. The van der Waals surface area contributed by atoms with E-state index in [1.54, 1.807) is 9.29 Å². The Kier molecular flexibility index (Phi) is 7.02. The lowest BCUT2D eigenvalue weighted by molar-refractivity contribution is 0.0170. The molecule has 0 spiro atoms. The molecule has 0 atom stereocenters. The van der Waals surface area contributed by atoms with Gasteiger partial charge >= 0.3 is 0 Å². The summed E-state index contributed by atoms with van der Waals surface area (Å²) >= 11 is 0. The van der Waals surface area contributed by atoms with Gasteiger partial charge in [0.2, 0.25) is 0 Å². The van der Waals surface area contributed by atoms with Gasteiger partial charge in [-0.05, 0) is 5.92 Å². The quantitative estimate of drug-likeness (QED) is 0.774. The highest BCUT2D eigenvalue weighted by Crippen LogP contribution is 2.12. The maximum atomic E-state index is 12.9. The summed E-state index contributed by atoms with van der Waals surface area (Å²) in [6.45, 7) is 2.57. The molecule has 0 fully saturated rings. The summed E-state index contributed by atoms with van der Waals surface area (Å²) in [4.78, 5) is 3.70. The lowest BCUT2D eigenvalue weighted by Gasteiger charge is -2.13. The van der Waals surface area contributed by atoms with Gasteiger partial charge in [-0.3, -0.25) is 0 Å². The van der Waals surface area contributed by atoms with Crippen molar-refractivity contribution >= 4 is 22.4 Å². The summed E-state index contributed by atoms with van der Waals surface area (Å²) in [6, 6.07) is 0. The number of imidazole rings is 1. The van der Waals surface area contributed by atoms with Gasteiger partial charge in [0.05, 0.1) is 19.4 Å². The first kappa shape index (κ1) is 19.2. The van der Waals surface area contributed by atoms with Crippen molar-refractivity contribution in [2.24, 2.45) is 11.7 Å². The number of halogens is 3. The first-order valence-electron chi connectivity index (χ1n) is 5.75. The lowest BCUT2D eigenvalue weighted by atomic mass is 10.2. The van der Waals surface area contributed by atoms with Crippen molar-refractivity contribution in [3.8, 4) is 0 Å². The Balaban J connectivity index is 0.00000361. The monoisotopic (exact) mass is 332 g/mol. The fourth-order valence-electron chi connectivity index (χ4n) is 1.35. The number of nitrogens with one attached hydrogen (secondary N) is 1. The van der Waals surface area contributed by atoms with Crippen LogP contribution in [0.1, 0.15) is 13.8 Å². The molecule has 3 N–H and O–H groups in total. The van der Waals surface area contributed by atoms with Crippen molar-refractivity contribution in [3.63, 3.8) is 0 Å². The largest absolute Gasteiger partial charge is 0.336 e. The van der Waals surface area contributed by atoms with Crippen molar-refractivity contribution in [2.45, 2.75) is 31.3 Å². The average molecular weight is 333 g/mol. The molecule has 0 aliphatic carbocycles. The number of nitrogens with zero attached hydrogens (tertiary/aromatic N) is 2. The highest BCUT2D eigenvalue weighted by atomic mass is 35.5. The van der Waals surface area contributed by atoms with Crippen LogP contribution < -0.4 is 10.5 Å². The third-order valence-electron chi connectivity index (χ3n) is 2.28. The maximum absolute atomic E-state index is 12.9. The molecule has 0 saturated heterocycles. The molecule has 118 valence electrons. The first-order valence-corrected chi connectivity index (χ1v) is 7.24. The molecule has 0 amide bonds. The number of sulfonamides is 1. The molecule has 20 heavy (non-hydrogen) atoms. The van der Waals surface area contributed by atoms with Gasteiger partial charge < -0.3 is 10.3 Å². The molecule has 0 aliphatic rings. The van der Waals surface area contributed by atoms with Gasteiger partial charge in [0.15, 0.2) is 5.03 Å². The minimum atomic E-state index is -4.04. The smallest absolute Gasteiger partial charge is 0.273 e. The van der Waals surface area contributed by atoms with Gasteiger partial charge in [-0.2, -0.15) is 0 Å². The van der Waals surface area contributed by atoms with Gasteiger partial charge in [0, 0.05) is 12.7 Å². The van der Waals surface area contributed by atoms with Gasteiger partial charge in [-0.25, -0.2) is 26.9 Å². The molecule has 1 rings (SSSR count). The van der Waals surface area contributed by atoms with Crippen LogP contribution in [0.15, 0.2) is 17.6 Å². The van der Waals surface area contributed by atoms with Crippen molar-refractivity contribution in [1.82, 2.24) is 14.3 Å². The zero-order valence-electron chi connectivity index (χ0n) is 11.2. The van der Waals surface area contributed by atoms with Crippen LogP contribution in [-0.4, -0.2) is 37.0 Å². The zero-order valence-corrected chi connectivity index (χ0v) is 12.8. The molecule has 0 aromatic carbocycles. The Morgan fingerprint density at radius 2 is 2.10 bits per heavy atom. The Morgan fingerprint density at radius 3 is 2.60 bits per heavy atom. The summed E-state index contributed by atoms with van der Waals surface area (Å²) in [5, 5.41) is -0.277. The zero-order chi connectivity index (χ0) is 14.7. The summed E-state index contributed by atoms with van der Waals surface area (Å²) in [6.07, 6.45) is 2.67. The van der Waals surface area contributed by atoms with Crippen LogP contribution in [0.5, 0.6) is 0 Å². The van der Waals surface area contributed by atoms with E-state index in [0.717, 1.165) is 0 Å². The maximum Gasteiger partial charge on any atom is 0.273 e. The summed E-state index contributed by atoms with van der Waals surface area (Å²) in [7, 11) is -4.04. The van der Waals surface area contributed by atoms with E-state index in [-0.39, 0.29) is 17.4 Å². The first-order chi connectivity index (χ1) is 8.66. The minimum absolute atomic E-state index is 0. The highest BCUT2D eigenvalue weighted by Gasteiger charge is 2.30. The van der Waals surface area contributed by atoms with Crippen LogP contribution in [0.4, 0.5) is 8.78 Å². The van der Waals surface area contributed by atoms with Gasteiger partial charge in [-0.15, -0.1) is 12.4 Å². The Hall–Kier alpha value is -0.770. The summed E-state index contributed by atoms with van der Waals surface area (Å²) < 4.78 is 52.7. The van der Waals surface area contributed by atoms with E-state index >= 15 is 0 Å². The topological polar surface area (TPSA) is 90.0 Å². The van der Waals surface area contributed by atoms with Crippen LogP contribution >= 0.6 is 12.4 Å². The van der Waals surface area contributed by atoms with Crippen molar-refractivity contribution < 1.29 is 17.2 Å². The van der Waals surface area contributed by atoms with E-state index in [0.29, 0.717) is 12.5 Å². The number of rotatable bonds is 7. The predicted octanol–water partition coefficient (Wildman–Crippen LogP) is 0.833. The van der Waals surface area contributed by atoms with E-state index in [2.05, 4.69) is 4.98 Å². The van der Waals surface area contributed by atoms with Crippen LogP contribution in [0.25, 0.3) is 0 Å². The second-order valence-corrected chi connectivity index (χ2v) is 6.40. The molecule has 1 aromatic heterocycles. The van der Waals surface area contributed by atoms with Crippen LogP contribution in [0.2, 0.25) is 0 Å². The molecular formula is C10H19ClF2N4O2S. The normalized spacial score (nSPS) is 12.5. The van der Waals surface area contributed by atoms with E-state index in [1.165, 1.54) is 12.5 Å². The average Bonchev–Trinajstić information content (AvgIpc) is 2.75. The number of hydrogen-bond acceptors (Lipinski definition) is 4. The second kappa shape index (κ2) is 7.30. The van der Waals surface area contributed by atoms with E-state index in [1.807, 2.05) is 13.8 Å². The summed E-state index contributed by atoms with van der Waals surface area (Å²) in [5.41, 5.74) is 4.83. The fraction of sp³-hybridized carbons (Fsp3) is 0.700. The van der Waals surface area contributed by atoms with Crippen LogP contribution in [0, 0.1) is 5.92 Å². The number of hydrogen-bond donors (Lipinski definition) is 2. The summed E-state index contributed by atoms with van der Waals surface area (Å²) in [5.74, 6) is -2.95. The van der Waals surface area contributed by atoms with Crippen LogP contribution in [0.3, 0.4) is 0 Å². The second-order valence-electron chi connectivity index (χ2n) is 4.69. The molecule has 0 unspecified atom stereocenters. The number of alkyl halides is 2. The van der Waals surface area contributed by atoms with E-state index in [9.17, 15) is 17.2 Å². The van der Waals surface area contributed by atoms with Crippen molar-refractivity contribution in [1.29, 1.82) is 0 Å². The molecule has 1 aromatic rings. The van der Waals surface area contributed by atoms with Crippen LogP contribution in [-0.2, 0) is 16.6 Å². The lowest BCUT2D eigenvalue weighted by Crippen LogP contribution is -2.41. The molecule has 0 saturated carbocycles. The Morgan fingerprint density at radius 1 is 1.50 bits per heavy atom. The van der Waals surface area contributed by atoms with Gasteiger partial charge in [0.1, 0.15) is 0 Å². The third kappa shape index (κ3) is 5.70. The molecule has 6 nitrogen and oxygen atoms in total. The Labute approximate surface area is 123 Å². The molecule has 0 radical (unpaired) electrons. The number of aromatic nitrogens is 2. The minimum Gasteiger partial charge on any atom is -0.336 e. The van der Waals surface area contributed by atoms with Gasteiger partial charge in [-0.1, -0.05) is 13.8 Å². The third-order valence-corrected chi connectivity index (χ3v) is 3.57. The molecular weight excluding hydrogens is 314 g/mol. The fourth-order valence-corrected chi connectivity index (χ4v) is 2.36. The molecule has 10 heteroatoms. The van der Waals surface area contributed by atoms with E-state index in [4.69, 9.17) is 5.73 Å². The van der Waals surface area contributed by atoms with Gasteiger partial charge in [0.25, 0.3) is 15.9 Å². The molecule has 0 bridgehead atoms. The predicted molar refractivity (Wildman–Crippen MR) is 73.5 cm³/mol. The highest BCUT2D eigenvalue weighted by molar-refractivity contribution is 7.89. The SMILES string of the molecule is CC(C)Cn1cnc(S(=O)(=O)NCC(F)(F)CN)c1.Cl. The van der Waals surface area contributed by atoms with Crippen molar-refractivity contribution in [2.75, 3.05) is 13.1 Å². The molecule has 0 aliphatic heterocycles. The van der Waals surface area contributed by atoms with Crippen molar-refractivity contribution in [3.05, 3.63) is 12.5 Å².